The highest BCUT2D eigenvalue weighted by atomic mass is 19.4. The molecule has 16 heavy (non-hydrogen) atoms. The van der Waals surface area contributed by atoms with Crippen LogP contribution in [0, 0.1) is 5.41 Å². The number of hydrogen-bond acceptors (Lipinski definition) is 2. The van der Waals surface area contributed by atoms with Crippen LogP contribution in [0.2, 0.25) is 0 Å². The zero-order valence-corrected chi connectivity index (χ0v) is 8.34. The van der Waals surface area contributed by atoms with Crippen molar-refractivity contribution in [3.8, 4) is 5.75 Å². The Morgan fingerprint density at radius 3 is 2.50 bits per heavy atom. The van der Waals surface area contributed by atoms with Crippen molar-refractivity contribution in [3.63, 3.8) is 0 Å². The molecule has 0 spiro atoms. The number of amidine groups is 1. The van der Waals surface area contributed by atoms with Crippen molar-refractivity contribution in [2.45, 2.75) is 12.6 Å². The monoisotopic (exact) mass is 232 g/mol. The van der Waals surface area contributed by atoms with Crippen LogP contribution in [0.4, 0.5) is 13.2 Å². The summed E-state index contributed by atoms with van der Waals surface area (Å²) in [7, 11) is 0. The maximum Gasteiger partial charge on any atom is 0.392 e. The lowest BCUT2D eigenvalue weighted by Gasteiger charge is -2.11. The second-order valence-electron chi connectivity index (χ2n) is 3.12. The Bertz CT molecular complexity index is 377. The van der Waals surface area contributed by atoms with Crippen molar-refractivity contribution in [2.75, 3.05) is 6.61 Å². The molecule has 0 unspecified atom stereocenters. The van der Waals surface area contributed by atoms with Gasteiger partial charge in [0, 0.05) is 0 Å². The molecule has 0 heterocycles. The van der Waals surface area contributed by atoms with Crippen LogP contribution in [0.25, 0.3) is 0 Å². The van der Waals surface area contributed by atoms with Gasteiger partial charge in [-0.05, 0) is 12.1 Å². The van der Waals surface area contributed by atoms with Crippen molar-refractivity contribution in [1.82, 2.24) is 0 Å². The Balaban J connectivity index is 2.64. The molecular weight excluding hydrogens is 221 g/mol. The van der Waals surface area contributed by atoms with E-state index >= 15 is 0 Å². The Hall–Kier alpha value is -1.72. The third-order valence-electron chi connectivity index (χ3n) is 1.82. The van der Waals surface area contributed by atoms with Crippen molar-refractivity contribution in [1.29, 1.82) is 5.41 Å². The molecule has 0 saturated carbocycles. The van der Waals surface area contributed by atoms with E-state index in [1.165, 1.54) is 12.1 Å². The lowest BCUT2D eigenvalue weighted by molar-refractivity contribution is -0.139. The fraction of sp³-hybridized carbons (Fsp3) is 0.300. The molecule has 3 nitrogen and oxygen atoms in total. The average Bonchev–Trinajstić information content (AvgIpc) is 2.16. The van der Waals surface area contributed by atoms with E-state index in [9.17, 15) is 13.2 Å². The predicted octanol–water partition coefficient (Wildman–Crippen LogP) is 2.30. The summed E-state index contributed by atoms with van der Waals surface area (Å²) in [5.74, 6) is -0.0399. The molecule has 88 valence electrons. The Morgan fingerprint density at radius 1 is 1.31 bits per heavy atom. The van der Waals surface area contributed by atoms with Crippen LogP contribution in [0.15, 0.2) is 24.3 Å². The molecule has 0 aliphatic heterocycles. The summed E-state index contributed by atoms with van der Waals surface area (Å²) >= 11 is 0. The normalized spacial score (nSPS) is 11.2. The van der Waals surface area contributed by atoms with E-state index in [1.54, 1.807) is 12.1 Å². The van der Waals surface area contributed by atoms with Gasteiger partial charge in [-0.1, -0.05) is 12.1 Å². The summed E-state index contributed by atoms with van der Waals surface area (Å²) in [5, 5.41) is 7.21. The lowest BCUT2D eigenvalue weighted by Crippen LogP contribution is -2.16. The average molecular weight is 232 g/mol. The molecule has 0 bridgehead atoms. The van der Waals surface area contributed by atoms with Gasteiger partial charge in [0.05, 0.1) is 18.6 Å². The predicted molar refractivity (Wildman–Crippen MR) is 53.6 cm³/mol. The molecule has 0 atom stereocenters. The molecule has 3 N–H and O–H groups in total. The standard InChI is InChI=1S/C10H11F3N2O/c11-10(12,13)5-6-16-8-4-2-1-3-7(8)9(14)15/h1-4H,5-6H2,(H3,14,15). The molecule has 0 saturated heterocycles. The van der Waals surface area contributed by atoms with Gasteiger partial charge in [-0.3, -0.25) is 5.41 Å². The number of rotatable bonds is 4. The highest BCUT2D eigenvalue weighted by molar-refractivity contribution is 5.97. The fourth-order valence-electron chi connectivity index (χ4n) is 1.09. The van der Waals surface area contributed by atoms with Gasteiger partial charge in [0.25, 0.3) is 0 Å². The van der Waals surface area contributed by atoms with Crippen molar-refractivity contribution >= 4 is 5.84 Å². The van der Waals surface area contributed by atoms with Crippen LogP contribution in [0.1, 0.15) is 12.0 Å². The Labute approximate surface area is 90.5 Å². The van der Waals surface area contributed by atoms with E-state index in [4.69, 9.17) is 15.9 Å². The van der Waals surface area contributed by atoms with Gasteiger partial charge >= 0.3 is 6.18 Å². The minimum atomic E-state index is -4.24. The van der Waals surface area contributed by atoms with E-state index in [0.717, 1.165) is 0 Å². The van der Waals surface area contributed by atoms with Gasteiger partial charge in [0.2, 0.25) is 0 Å². The van der Waals surface area contributed by atoms with Crippen LogP contribution in [-0.2, 0) is 0 Å². The van der Waals surface area contributed by atoms with Crippen LogP contribution in [0.3, 0.4) is 0 Å². The maximum absolute atomic E-state index is 11.9. The first-order chi connectivity index (χ1) is 7.40. The van der Waals surface area contributed by atoms with Gasteiger partial charge in [-0.25, -0.2) is 0 Å². The van der Waals surface area contributed by atoms with E-state index in [2.05, 4.69) is 0 Å². The van der Waals surface area contributed by atoms with Gasteiger partial charge in [-0.2, -0.15) is 13.2 Å². The summed E-state index contributed by atoms with van der Waals surface area (Å²) in [6.07, 6.45) is -5.27. The smallest absolute Gasteiger partial charge is 0.392 e. The lowest BCUT2D eigenvalue weighted by atomic mass is 10.2. The first kappa shape index (κ1) is 12.4. The summed E-state index contributed by atoms with van der Waals surface area (Å²) in [6, 6.07) is 6.24. The third-order valence-corrected chi connectivity index (χ3v) is 1.82. The third kappa shape index (κ3) is 3.80. The topological polar surface area (TPSA) is 59.1 Å². The van der Waals surface area contributed by atoms with Crippen LogP contribution < -0.4 is 10.5 Å². The van der Waals surface area contributed by atoms with Crippen molar-refractivity contribution in [2.24, 2.45) is 5.73 Å². The van der Waals surface area contributed by atoms with Gasteiger partial charge < -0.3 is 10.5 Å². The number of alkyl halides is 3. The quantitative estimate of drug-likeness (QED) is 0.618. The van der Waals surface area contributed by atoms with Crippen molar-refractivity contribution < 1.29 is 17.9 Å². The number of benzene rings is 1. The van der Waals surface area contributed by atoms with Gasteiger partial charge in [0.15, 0.2) is 0 Å². The van der Waals surface area contributed by atoms with E-state index < -0.39 is 19.2 Å². The highest BCUT2D eigenvalue weighted by Gasteiger charge is 2.27. The fourth-order valence-corrected chi connectivity index (χ4v) is 1.09. The first-order valence-electron chi connectivity index (χ1n) is 4.53. The minimum Gasteiger partial charge on any atom is -0.492 e. The number of hydrogen-bond donors (Lipinski definition) is 2. The number of nitrogens with two attached hydrogens (primary N) is 1. The first-order valence-corrected chi connectivity index (χ1v) is 4.53. The zero-order chi connectivity index (χ0) is 12.2. The molecule has 1 aromatic carbocycles. The van der Waals surface area contributed by atoms with Gasteiger partial charge in [-0.15, -0.1) is 0 Å². The molecule has 0 aromatic heterocycles. The van der Waals surface area contributed by atoms with E-state index in [0.29, 0.717) is 5.56 Å². The summed E-state index contributed by atoms with van der Waals surface area (Å²) in [5.41, 5.74) is 5.55. The van der Waals surface area contributed by atoms with Crippen molar-refractivity contribution in [3.05, 3.63) is 29.8 Å². The molecular formula is C10H11F3N2O. The number of halogens is 3. The Kier molecular flexibility index (Phi) is 3.76. The number of nitrogens with one attached hydrogen (secondary N) is 1. The number of nitrogen functional groups attached to an aromatic ring is 1. The van der Waals surface area contributed by atoms with Gasteiger partial charge in [0.1, 0.15) is 11.6 Å². The van der Waals surface area contributed by atoms with E-state index in [1.807, 2.05) is 0 Å². The molecule has 0 fully saturated rings. The summed E-state index contributed by atoms with van der Waals surface area (Å²) in [6.45, 7) is -0.478. The van der Waals surface area contributed by atoms with E-state index in [-0.39, 0.29) is 11.6 Å². The Morgan fingerprint density at radius 2 is 1.94 bits per heavy atom. The van der Waals surface area contributed by atoms with Crippen LogP contribution in [0.5, 0.6) is 5.75 Å². The number of ether oxygens (including phenoxy) is 1. The molecule has 0 aliphatic carbocycles. The minimum absolute atomic E-state index is 0.194. The zero-order valence-electron chi connectivity index (χ0n) is 8.34. The van der Waals surface area contributed by atoms with Crippen LogP contribution in [-0.4, -0.2) is 18.6 Å². The molecule has 6 heteroatoms. The number of para-hydroxylation sites is 1. The summed E-state index contributed by atoms with van der Waals surface area (Å²) in [4.78, 5) is 0. The molecule has 1 aromatic rings. The molecule has 1 rings (SSSR count). The highest BCUT2D eigenvalue weighted by Crippen LogP contribution is 2.22. The summed E-state index contributed by atoms with van der Waals surface area (Å²) < 4.78 is 40.5. The molecule has 0 radical (unpaired) electrons. The maximum atomic E-state index is 11.9. The molecule has 0 aliphatic rings. The largest absolute Gasteiger partial charge is 0.492 e. The second-order valence-corrected chi connectivity index (χ2v) is 3.12. The molecule has 0 amide bonds. The van der Waals surface area contributed by atoms with Crippen LogP contribution >= 0.6 is 0 Å². The second kappa shape index (κ2) is 4.87. The SMILES string of the molecule is N=C(N)c1ccccc1OCCC(F)(F)F.